The number of hydrogen-bond acceptors (Lipinski definition) is 4. The second-order valence-electron chi connectivity index (χ2n) is 5.31. The van der Waals surface area contributed by atoms with E-state index in [1.54, 1.807) is 14.2 Å². The molecule has 1 aliphatic rings. The van der Waals surface area contributed by atoms with Gasteiger partial charge in [-0.3, -0.25) is 4.90 Å². The highest BCUT2D eigenvalue weighted by Gasteiger charge is 2.21. The second kappa shape index (κ2) is 9.13. The third-order valence-electron chi connectivity index (χ3n) is 3.90. The Hall–Kier alpha value is -0.970. The average molecular weight is 315 g/mol. The van der Waals surface area contributed by atoms with Crippen LogP contribution < -0.4 is 14.8 Å². The molecule has 0 radical (unpaired) electrons. The van der Waals surface area contributed by atoms with Crippen molar-refractivity contribution in [2.75, 3.05) is 33.9 Å². The van der Waals surface area contributed by atoms with Crippen LogP contribution >= 0.6 is 12.4 Å². The molecule has 1 N–H and O–H groups in total. The number of hydrogen-bond donors (Lipinski definition) is 1. The summed E-state index contributed by atoms with van der Waals surface area (Å²) >= 11 is 0. The molecule has 120 valence electrons. The molecular formula is C16H27ClN2O2. The molecule has 0 aromatic heterocycles. The van der Waals surface area contributed by atoms with Crippen molar-refractivity contribution in [3.63, 3.8) is 0 Å². The number of methoxy groups -OCH3 is 2. The minimum absolute atomic E-state index is 0. The molecule has 1 aromatic carbocycles. The summed E-state index contributed by atoms with van der Waals surface area (Å²) in [6, 6.07) is 6.87. The minimum atomic E-state index is 0. The van der Waals surface area contributed by atoms with Crippen molar-refractivity contribution in [1.82, 2.24) is 10.2 Å². The number of nitrogens with one attached hydrogen (secondary N) is 1. The fraction of sp³-hybridized carbons (Fsp3) is 0.625. The second-order valence-corrected chi connectivity index (χ2v) is 5.31. The summed E-state index contributed by atoms with van der Waals surface area (Å²) in [6.07, 6.45) is 2.43. The van der Waals surface area contributed by atoms with E-state index < -0.39 is 0 Å². The van der Waals surface area contributed by atoms with Crippen LogP contribution in [0.25, 0.3) is 0 Å². The molecule has 1 aliphatic heterocycles. The molecule has 0 amide bonds. The first-order chi connectivity index (χ1) is 9.78. The van der Waals surface area contributed by atoms with E-state index in [-0.39, 0.29) is 12.4 Å². The molecule has 1 heterocycles. The Balaban J connectivity index is 0.00000220. The normalized spacial score (nSPS) is 17.6. The molecular weight excluding hydrogens is 288 g/mol. The minimum Gasteiger partial charge on any atom is -0.493 e. The lowest BCUT2D eigenvalue weighted by molar-refractivity contribution is 0.199. The molecule has 1 unspecified atom stereocenters. The average Bonchev–Trinajstić information content (AvgIpc) is 3.00. The van der Waals surface area contributed by atoms with Gasteiger partial charge in [-0.2, -0.15) is 0 Å². The van der Waals surface area contributed by atoms with E-state index >= 15 is 0 Å². The van der Waals surface area contributed by atoms with Crippen LogP contribution in [-0.2, 0) is 6.54 Å². The maximum Gasteiger partial charge on any atom is 0.161 e. The van der Waals surface area contributed by atoms with Gasteiger partial charge < -0.3 is 14.8 Å². The van der Waals surface area contributed by atoms with Crippen LogP contribution in [0, 0.1) is 0 Å². The molecule has 21 heavy (non-hydrogen) atoms. The third kappa shape index (κ3) is 4.77. The highest BCUT2D eigenvalue weighted by molar-refractivity contribution is 5.85. The number of halogens is 1. The van der Waals surface area contributed by atoms with Gasteiger partial charge in [0.1, 0.15) is 0 Å². The Morgan fingerprint density at radius 1 is 1.24 bits per heavy atom. The molecule has 0 bridgehead atoms. The summed E-state index contributed by atoms with van der Waals surface area (Å²) in [5, 5.41) is 3.45. The summed E-state index contributed by atoms with van der Waals surface area (Å²) in [6.45, 7) is 6.59. The van der Waals surface area contributed by atoms with Gasteiger partial charge in [-0.05, 0) is 43.6 Å². The zero-order chi connectivity index (χ0) is 14.4. The monoisotopic (exact) mass is 314 g/mol. The quantitative estimate of drug-likeness (QED) is 0.839. The van der Waals surface area contributed by atoms with E-state index in [2.05, 4.69) is 29.3 Å². The predicted molar refractivity (Wildman–Crippen MR) is 88.8 cm³/mol. The fourth-order valence-corrected chi connectivity index (χ4v) is 2.84. The molecule has 2 rings (SSSR count). The molecule has 1 atom stereocenters. The van der Waals surface area contributed by atoms with Crippen LogP contribution in [0.5, 0.6) is 11.5 Å². The van der Waals surface area contributed by atoms with Crippen LogP contribution in [0.1, 0.15) is 25.3 Å². The Bertz CT molecular complexity index is 423. The van der Waals surface area contributed by atoms with Crippen LogP contribution in [0.15, 0.2) is 18.2 Å². The standard InChI is InChI=1S/C16H26N2O2.ClH/c1-4-9-18(14-7-8-17-11-14)12-13-5-6-15(19-2)16(10-13)20-3;/h5-6,10,14,17H,4,7-9,11-12H2,1-3H3;1H. The van der Waals surface area contributed by atoms with Crippen LogP contribution in [-0.4, -0.2) is 44.8 Å². The van der Waals surface area contributed by atoms with Crippen molar-refractivity contribution < 1.29 is 9.47 Å². The number of nitrogens with zero attached hydrogens (tertiary/aromatic N) is 1. The maximum atomic E-state index is 5.39. The summed E-state index contributed by atoms with van der Waals surface area (Å²) < 4.78 is 10.7. The molecule has 4 nitrogen and oxygen atoms in total. The van der Waals surface area contributed by atoms with Crippen LogP contribution in [0.3, 0.4) is 0 Å². The first-order valence-electron chi connectivity index (χ1n) is 7.44. The van der Waals surface area contributed by atoms with Crippen molar-refractivity contribution in [3.8, 4) is 11.5 Å². The Morgan fingerprint density at radius 2 is 2.00 bits per heavy atom. The van der Waals surface area contributed by atoms with Crippen LogP contribution in [0.2, 0.25) is 0 Å². The lowest BCUT2D eigenvalue weighted by atomic mass is 10.1. The number of rotatable bonds is 7. The molecule has 0 aliphatic carbocycles. The fourth-order valence-electron chi connectivity index (χ4n) is 2.84. The van der Waals surface area contributed by atoms with Crippen LogP contribution in [0.4, 0.5) is 0 Å². The zero-order valence-electron chi connectivity index (χ0n) is 13.2. The zero-order valence-corrected chi connectivity index (χ0v) is 14.0. The number of benzene rings is 1. The van der Waals surface area contributed by atoms with Crippen molar-refractivity contribution in [1.29, 1.82) is 0 Å². The Kier molecular flexibility index (Phi) is 7.86. The lowest BCUT2D eigenvalue weighted by Crippen LogP contribution is -2.36. The van der Waals surface area contributed by atoms with Gasteiger partial charge in [-0.1, -0.05) is 13.0 Å². The predicted octanol–water partition coefficient (Wildman–Crippen LogP) is 2.70. The van der Waals surface area contributed by atoms with E-state index in [0.29, 0.717) is 6.04 Å². The van der Waals surface area contributed by atoms with E-state index in [1.807, 2.05) is 6.07 Å². The van der Waals surface area contributed by atoms with E-state index in [1.165, 1.54) is 18.4 Å². The van der Waals surface area contributed by atoms with Gasteiger partial charge in [-0.15, -0.1) is 12.4 Å². The smallest absolute Gasteiger partial charge is 0.161 e. The van der Waals surface area contributed by atoms with E-state index in [4.69, 9.17) is 9.47 Å². The van der Waals surface area contributed by atoms with Crippen molar-refractivity contribution in [2.24, 2.45) is 0 Å². The van der Waals surface area contributed by atoms with E-state index in [9.17, 15) is 0 Å². The summed E-state index contributed by atoms with van der Waals surface area (Å²) in [7, 11) is 3.36. The van der Waals surface area contributed by atoms with Gasteiger partial charge in [0, 0.05) is 19.1 Å². The Labute approximate surface area is 134 Å². The van der Waals surface area contributed by atoms with Gasteiger partial charge in [0.2, 0.25) is 0 Å². The highest BCUT2D eigenvalue weighted by atomic mass is 35.5. The van der Waals surface area contributed by atoms with E-state index in [0.717, 1.165) is 37.7 Å². The lowest BCUT2D eigenvalue weighted by Gasteiger charge is -2.28. The first-order valence-corrected chi connectivity index (χ1v) is 7.44. The number of ether oxygens (including phenoxy) is 2. The van der Waals surface area contributed by atoms with Crippen molar-refractivity contribution in [3.05, 3.63) is 23.8 Å². The molecule has 0 spiro atoms. The molecule has 1 fully saturated rings. The van der Waals surface area contributed by atoms with Crippen molar-refractivity contribution >= 4 is 12.4 Å². The van der Waals surface area contributed by atoms with Gasteiger partial charge in [0.05, 0.1) is 14.2 Å². The Morgan fingerprint density at radius 3 is 2.57 bits per heavy atom. The van der Waals surface area contributed by atoms with Gasteiger partial charge in [0.15, 0.2) is 11.5 Å². The van der Waals surface area contributed by atoms with Gasteiger partial charge >= 0.3 is 0 Å². The molecule has 5 heteroatoms. The largest absolute Gasteiger partial charge is 0.493 e. The summed E-state index contributed by atoms with van der Waals surface area (Å²) in [4.78, 5) is 2.57. The maximum absolute atomic E-state index is 5.39. The summed E-state index contributed by atoms with van der Waals surface area (Å²) in [5.74, 6) is 1.60. The SMILES string of the molecule is CCCN(Cc1ccc(OC)c(OC)c1)C1CCNC1.Cl. The van der Waals surface area contributed by atoms with Gasteiger partial charge in [-0.25, -0.2) is 0 Å². The third-order valence-corrected chi connectivity index (χ3v) is 3.90. The molecule has 1 saturated heterocycles. The first kappa shape index (κ1) is 18.1. The molecule has 1 aromatic rings. The molecule has 0 saturated carbocycles. The van der Waals surface area contributed by atoms with Gasteiger partial charge in [0.25, 0.3) is 0 Å². The topological polar surface area (TPSA) is 33.7 Å². The summed E-state index contributed by atoms with van der Waals surface area (Å²) in [5.41, 5.74) is 1.28. The highest BCUT2D eigenvalue weighted by Crippen LogP contribution is 2.28. The van der Waals surface area contributed by atoms with Crippen molar-refractivity contribution in [2.45, 2.75) is 32.4 Å².